The average molecular weight is 418 g/mol. The van der Waals surface area contributed by atoms with Crippen molar-refractivity contribution in [3.63, 3.8) is 0 Å². The summed E-state index contributed by atoms with van der Waals surface area (Å²) in [6, 6.07) is 8.26. The van der Waals surface area contributed by atoms with E-state index in [2.05, 4.69) is 40.7 Å². The molecule has 0 atom stereocenters. The zero-order chi connectivity index (χ0) is 16.8. The van der Waals surface area contributed by atoms with Gasteiger partial charge in [0, 0.05) is 13.0 Å². The van der Waals surface area contributed by atoms with Crippen LogP contribution in [0.1, 0.15) is 44.0 Å². The number of unbranched alkanes of at least 4 members (excludes halogenated alkanes) is 1. The maximum atomic E-state index is 12.0. The van der Waals surface area contributed by atoms with Gasteiger partial charge in [0.25, 0.3) is 0 Å². The first-order chi connectivity index (χ1) is 11.6. The molecule has 26 heavy (non-hydrogen) atoms. The Morgan fingerprint density at radius 2 is 1.96 bits per heavy atom. The first-order valence-electron chi connectivity index (χ1n) is 8.97. The second-order valence-electron chi connectivity index (χ2n) is 7.12. The smallest absolute Gasteiger partial charge is 0.220 e. The van der Waals surface area contributed by atoms with Crippen molar-refractivity contribution in [1.29, 1.82) is 0 Å². The highest BCUT2D eigenvalue weighted by Gasteiger charge is 2.26. The maximum absolute atomic E-state index is 12.0. The van der Waals surface area contributed by atoms with Crippen LogP contribution in [0.25, 0.3) is 10.2 Å². The van der Waals surface area contributed by atoms with Gasteiger partial charge in [0.05, 0.1) is 15.2 Å². The van der Waals surface area contributed by atoms with Crippen LogP contribution in [0.2, 0.25) is 0 Å². The number of aryl methyl sites for hydroxylation is 1. The highest BCUT2D eigenvalue weighted by molar-refractivity contribution is 7.18. The number of hydrogen-bond donors (Lipinski definition) is 2. The quantitative estimate of drug-likeness (QED) is 0.657. The summed E-state index contributed by atoms with van der Waals surface area (Å²) in [5, 5.41) is 7.69. The van der Waals surface area contributed by atoms with Crippen molar-refractivity contribution >= 4 is 52.3 Å². The lowest BCUT2D eigenvalue weighted by Crippen LogP contribution is -2.42. The standard InChI is InChI=1S/C19H27N3OS.2ClH/c1-19(10-12-20-13-11-19)14-21-17(23)8-4-5-9-18-22-15-6-2-3-7-16(15)24-18;;/h2-3,6-7,20H,4-5,8-14H2,1H3,(H,21,23);2*1H. The number of para-hydroxylation sites is 1. The summed E-state index contributed by atoms with van der Waals surface area (Å²) in [6.45, 7) is 5.22. The van der Waals surface area contributed by atoms with E-state index in [0.29, 0.717) is 6.42 Å². The lowest BCUT2D eigenvalue weighted by atomic mass is 9.81. The van der Waals surface area contributed by atoms with Crippen LogP contribution in [0, 0.1) is 5.41 Å². The highest BCUT2D eigenvalue weighted by Crippen LogP contribution is 2.26. The Bertz CT molecular complexity index is 653. The van der Waals surface area contributed by atoms with E-state index in [1.165, 1.54) is 9.71 Å². The molecular weight excluding hydrogens is 389 g/mol. The minimum absolute atomic E-state index is 0. The summed E-state index contributed by atoms with van der Waals surface area (Å²) in [4.78, 5) is 16.7. The number of fused-ring (bicyclic) bond motifs is 1. The van der Waals surface area contributed by atoms with Gasteiger partial charge < -0.3 is 10.6 Å². The van der Waals surface area contributed by atoms with E-state index < -0.39 is 0 Å². The molecule has 0 bridgehead atoms. The van der Waals surface area contributed by atoms with Crippen LogP contribution >= 0.6 is 36.2 Å². The second-order valence-corrected chi connectivity index (χ2v) is 8.24. The van der Waals surface area contributed by atoms with Gasteiger partial charge in [-0.1, -0.05) is 19.1 Å². The summed E-state index contributed by atoms with van der Waals surface area (Å²) >= 11 is 1.77. The molecule has 0 unspecified atom stereocenters. The van der Waals surface area contributed by atoms with Crippen LogP contribution in [0.4, 0.5) is 0 Å². The van der Waals surface area contributed by atoms with Crippen LogP contribution in [-0.4, -0.2) is 30.5 Å². The van der Waals surface area contributed by atoms with Crippen LogP contribution < -0.4 is 10.6 Å². The van der Waals surface area contributed by atoms with Gasteiger partial charge in [-0.3, -0.25) is 4.79 Å². The fourth-order valence-electron chi connectivity index (χ4n) is 3.20. The van der Waals surface area contributed by atoms with Gasteiger partial charge in [-0.15, -0.1) is 36.2 Å². The van der Waals surface area contributed by atoms with Crippen LogP contribution in [0.3, 0.4) is 0 Å². The number of thiazole rings is 1. The van der Waals surface area contributed by atoms with E-state index in [0.717, 1.165) is 57.3 Å². The molecule has 0 radical (unpaired) electrons. The summed E-state index contributed by atoms with van der Waals surface area (Å²) in [5.41, 5.74) is 1.35. The summed E-state index contributed by atoms with van der Waals surface area (Å²) < 4.78 is 1.25. The first-order valence-corrected chi connectivity index (χ1v) is 9.78. The normalized spacial score (nSPS) is 15.7. The number of carbonyl (C=O) groups excluding carboxylic acids is 1. The van der Waals surface area contributed by atoms with Gasteiger partial charge in [0.2, 0.25) is 5.91 Å². The molecule has 1 aliphatic rings. The van der Waals surface area contributed by atoms with E-state index in [1.807, 2.05) is 6.07 Å². The molecule has 0 aliphatic carbocycles. The van der Waals surface area contributed by atoms with E-state index >= 15 is 0 Å². The molecule has 0 spiro atoms. The molecule has 1 saturated heterocycles. The Morgan fingerprint density at radius 3 is 2.69 bits per heavy atom. The van der Waals surface area contributed by atoms with Crippen molar-refractivity contribution in [3.05, 3.63) is 29.3 Å². The number of rotatable bonds is 7. The molecule has 2 N–H and O–H groups in total. The van der Waals surface area contributed by atoms with Crippen LogP contribution in [-0.2, 0) is 11.2 Å². The Hall–Kier alpha value is -0.880. The van der Waals surface area contributed by atoms with Crippen molar-refractivity contribution < 1.29 is 4.79 Å². The minimum atomic E-state index is 0. The van der Waals surface area contributed by atoms with Crippen molar-refractivity contribution in [2.45, 2.75) is 45.4 Å². The summed E-state index contributed by atoms with van der Waals surface area (Å²) in [7, 11) is 0. The molecule has 2 heterocycles. The molecule has 3 rings (SSSR count). The zero-order valence-electron chi connectivity index (χ0n) is 15.3. The third-order valence-electron chi connectivity index (χ3n) is 4.91. The second kappa shape index (κ2) is 11.1. The largest absolute Gasteiger partial charge is 0.356 e. The Balaban J connectivity index is 0.00000169. The lowest BCUT2D eigenvalue weighted by Gasteiger charge is -2.34. The molecular formula is C19H29Cl2N3OS. The fourth-order valence-corrected chi connectivity index (χ4v) is 4.21. The number of nitrogens with zero attached hydrogens (tertiary/aromatic N) is 1. The van der Waals surface area contributed by atoms with E-state index in [-0.39, 0.29) is 36.1 Å². The first kappa shape index (κ1) is 23.2. The predicted molar refractivity (Wildman–Crippen MR) is 115 cm³/mol. The van der Waals surface area contributed by atoms with Crippen molar-refractivity contribution in [3.8, 4) is 0 Å². The number of piperidine rings is 1. The average Bonchev–Trinajstić information content (AvgIpc) is 3.00. The van der Waals surface area contributed by atoms with Crippen molar-refractivity contribution in [2.24, 2.45) is 5.41 Å². The van der Waals surface area contributed by atoms with Gasteiger partial charge in [-0.05, 0) is 62.7 Å². The predicted octanol–water partition coefficient (Wildman–Crippen LogP) is 4.36. The Morgan fingerprint density at radius 1 is 1.23 bits per heavy atom. The highest BCUT2D eigenvalue weighted by atomic mass is 35.5. The molecule has 1 fully saturated rings. The zero-order valence-corrected chi connectivity index (χ0v) is 17.7. The molecule has 4 nitrogen and oxygen atoms in total. The number of halogens is 2. The van der Waals surface area contributed by atoms with Gasteiger partial charge >= 0.3 is 0 Å². The van der Waals surface area contributed by atoms with E-state index in [4.69, 9.17) is 0 Å². The van der Waals surface area contributed by atoms with Crippen molar-refractivity contribution in [1.82, 2.24) is 15.6 Å². The van der Waals surface area contributed by atoms with Crippen LogP contribution in [0.15, 0.2) is 24.3 Å². The lowest BCUT2D eigenvalue weighted by molar-refractivity contribution is -0.121. The molecule has 0 saturated carbocycles. The monoisotopic (exact) mass is 417 g/mol. The SMILES string of the molecule is CC1(CNC(=O)CCCCc2nc3ccccc3s2)CCNCC1.Cl.Cl. The Labute approximate surface area is 172 Å². The van der Waals surface area contributed by atoms with Gasteiger partial charge in [0.1, 0.15) is 0 Å². The van der Waals surface area contributed by atoms with E-state index in [9.17, 15) is 4.79 Å². The number of amides is 1. The number of hydrogen-bond acceptors (Lipinski definition) is 4. The minimum Gasteiger partial charge on any atom is -0.356 e. The summed E-state index contributed by atoms with van der Waals surface area (Å²) in [6.07, 6.45) is 5.83. The Kier molecular flexibility index (Phi) is 9.86. The topological polar surface area (TPSA) is 54.0 Å². The van der Waals surface area contributed by atoms with Crippen LogP contribution in [0.5, 0.6) is 0 Å². The third-order valence-corrected chi connectivity index (χ3v) is 6.00. The molecule has 7 heteroatoms. The molecule has 146 valence electrons. The van der Waals surface area contributed by atoms with Gasteiger partial charge in [-0.2, -0.15) is 0 Å². The molecule has 1 aromatic carbocycles. The number of aromatic nitrogens is 1. The fraction of sp³-hybridized carbons (Fsp3) is 0.579. The maximum Gasteiger partial charge on any atom is 0.220 e. The van der Waals surface area contributed by atoms with Crippen molar-refractivity contribution in [2.75, 3.05) is 19.6 Å². The molecule has 1 aromatic heterocycles. The number of carbonyl (C=O) groups is 1. The van der Waals surface area contributed by atoms with Gasteiger partial charge in [-0.25, -0.2) is 4.98 Å². The number of benzene rings is 1. The third kappa shape index (κ3) is 6.69. The molecule has 1 amide bonds. The number of nitrogens with one attached hydrogen (secondary N) is 2. The molecule has 2 aromatic rings. The summed E-state index contributed by atoms with van der Waals surface area (Å²) in [5.74, 6) is 0.194. The van der Waals surface area contributed by atoms with E-state index in [1.54, 1.807) is 11.3 Å². The van der Waals surface area contributed by atoms with Gasteiger partial charge in [0.15, 0.2) is 0 Å². The molecule has 1 aliphatic heterocycles.